The molecule has 0 unspecified atom stereocenters. The molecule has 7 heteroatoms. The number of hydrogen-bond acceptors (Lipinski definition) is 3. The molecule has 0 atom stereocenters. The summed E-state index contributed by atoms with van der Waals surface area (Å²) < 4.78 is 37.7. The molecule has 1 N–H and O–H groups in total. The van der Waals surface area contributed by atoms with E-state index in [0.717, 1.165) is 17.0 Å². The van der Waals surface area contributed by atoms with Crippen LogP contribution < -0.4 is 0 Å². The van der Waals surface area contributed by atoms with Gasteiger partial charge in [-0.3, -0.25) is 4.98 Å². The maximum absolute atomic E-state index is 12.6. The molecule has 3 aromatic rings. The second-order valence-corrected chi connectivity index (χ2v) is 4.57. The van der Waals surface area contributed by atoms with Gasteiger partial charge in [0, 0.05) is 6.20 Å². The smallest absolute Gasteiger partial charge is 0.337 e. The quantitative estimate of drug-likeness (QED) is 0.731. The molecule has 0 aliphatic heterocycles. The highest BCUT2D eigenvalue weighted by atomic mass is 32.1. The summed E-state index contributed by atoms with van der Waals surface area (Å²) in [5.74, 6) is 0.534. The maximum Gasteiger partial charge on any atom is 0.416 e. The molecule has 2 aromatic heterocycles. The standard InChI is InChI=1S/C11H6F3N3S/c12-11(13,14)6-1-2-7-8(3-6)17-10(16-7)9-4-15-5-18-9/h1-5H,(H,16,17). The molecule has 0 saturated carbocycles. The van der Waals surface area contributed by atoms with Crippen LogP contribution in [0.1, 0.15) is 5.56 Å². The van der Waals surface area contributed by atoms with Gasteiger partial charge in [0.05, 0.1) is 27.0 Å². The summed E-state index contributed by atoms with van der Waals surface area (Å²) in [5.41, 5.74) is 1.83. The van der Waals surface area contributed by atoms with Gasteiger partial charge in [0.25, 0.3) is 0 Å². The topological polar surface area (TPSA) is 41.6 Å². The van der Waals surface area contributed by atoms with Crippen molar-refractivity contribution >= 4 is 22.4 Å². The molecule has 0 fully saturated rings. The SMILES string of the molecule is FC(F)(F)c1ccc2nc(-c3cncs3)[nH]c2c1. The van der Waals surface area contributed by atoms with Crippen LogP contribution in [0.5, 0.6) is 0 Å². The highest BCUT2D eigenvalue weighted by Gasteiger charge is 2.30. The van der Waals surface area contributed by atoms with Crippen LogP contribution in [0.25, 0.3) is 21.7 Å². The number of halogens is 3. The molecule has 3 rings (SSSR count). The third kappa shape index (κ3) is 1.86. The van der Waals surface area contributed by atoms with E-state index >= 15 is 0 Å². The number of benzene rings is 1. The minimum absolute atomic E-state index is 0.369. The Morgan fingerprint density at radius 3 is 2.72 bits per heavy atom. The Bertz CT molecular complexity index is 685. The van der Waals surface area contributed by atoms with Gasteiger partial charge in [-0.25, -0.2) is 4.98 Å². The molecule has 18 heavy (non-hydrogen) atoms. The summed E-state index contributed by atoms with van der Waals surface area (Å²) in [5, 5.41) is 0. The minimum atomic E-state index is -4.34. The van der Waals surface area contributed by atoms with E-state index in [2.05, 4.69) is 15.0 Å². The largest absolute Gasteiger partial charge is 0.416 e. The number of nitrogens with zero attached hydrogens (tertiary/aromatic N) is 2. The number of rotatable bonds is 1. The molecule has 0 bridgehead atoms. The van der Waals surface area contributed by atoms with Crippen molar-refractivity contribution in [3.63, 3.8) is 0 Å². The van der Waals surface area contributed by atoms with Gasteiger partial charge in [-0.15, -0.1) is 11.3 Å². The average molecular weight is 269 g/mol. The van der Waals surface area contributed by atoms with E-state index in [1.165, 1.54) is 17.4 Å². The van der Waals surface area contributed by atoms with E-state index in [0.29, 0.717) is 16.9 Å². The Balaban J connectivity index is 2.13. The minimum Gasteiger partial charge on any atom is -0.337 e. The molecular weight excluding hydrogens is 263 g/mol. The molecule has 0 radical (unpaired) electrons. The molecule has 0 saturated heterocycles. The van der Waals surface area contributed by atoms with Crippen molar-refractivity contribution in [2.24, 2.45) is 0 Å². The molecule has 0 amide bonds. The molecule has 0 aliphatic rings. The number of fused-ring (bicyclic) bond motifs is 1. The first kappa shape index (κ1) is 11.2. The summed E-state index contributed by atoms with van der Waals surface area (Å²) in [6.45, 7) is 0. The van der Waals surface area contributed by atoms with E-state index in [1.54, 1.807) is 11.7 Å². The van der Waals surface area contributed by atoms with Crippen molar-refractivity contribution in [1.82, 2.24) is 15.0 Å². The van der Waals surface area contributed by atoms with Gasteiger partial charge < -0.3 is 4.98 Å². The first-order chi connectivity index (χ1) is 8.54. The zero-order chi connectivity index (χ0) is 12.8. The first-order valence-corrected chi connectivity index (χ1v) is 5.88. The Labute approximate surface area is 103 Å². The maximum atomic E-state index is 12.6. The molecule has 3 nitrogen and oxygen atoms in total. The Kier molecular flexibility index (Phi) is 2.37. The van der Waals surface area contributed by atoms with Gasteiger partial charge in [-0.1, -0.05) is 0 Å². The van der Waals surface area contributed by atoms with Crippen molar-refractivity contribution in [2.75, 3.05) is 0 Å². The molecular formula is C11H6F3N3S. The summed E-state index contributed by atoms with van der Waals surface area (Å²) >= 11 is 1.37. The summed E-state index contributed by atoms with van der Waals surface area (Å²) in [7, 11) is 0. The van der Waals surface area contributed by atoms with Crippen LogP contribution >= 0.6 is 11.3 Å². The number of H-pyrrole nitrogens is 1. The fraction of sp³-hybridized carbons (Fsp3) is 0.0909. The van der Waals surface area contributed by atoms with Crippen molar-refractivity contribution in [3.05, 3.63) is 35.5 Å². The lowest BCUT2D eigenvalue weighted by atomic mass is 10.2. The second-order valence-electron chi connectivity index (χ2n) is 3.68. The highest BCUT2D eigenvalue weighted by molar-refractivity contribution is 7.13. The number of thiazole rings is 1. The van der Waals surface area contributed by atoms with Crippen LogP contribution in [0.15, 0.2) is 29.9 Å². The van der Waals surface area contributed by atoms with Gasteiger partial charge in [0.15, 0.2) is 0 Å². The lowest BCUT2D eigenvalue weighted by Gasteiger charge is -2.05. The van der Waals surface area contributed by atoms with Crippen molar-refractivity contribution in [1.29, 1.82) is 0 Å². The van der Waals surface area contributed by atoms with Gasteiger partial charge in [-0.2, -0.15) is 13.2 Å². The third-order valence-electron chi connectivity index (χ3n) is 2.47. The second kappa shape index (κ2) is 3.81. The predicted octanol–water partition coefficient (Wildman–Crippen LogP) is 3.71. The fourth-order valence-corrected chi connectivity index (χ4v) is 2.20. The number of nitrogens with one attached hydrogen (secondary N) is 1. The zero-order valence-corrected chi connectivity index (χ0v) is 9.64. The highest BCUT2D eigenvalue weighted by Crippen LogP contribution is 2.32. The van der Waals surface area contributed by atoms with E-state index < -0.39 is 11.7 Å². The number of hydrogen-bond donors (Lipinski definition) is 1. The molecule has 0 spiro atoms. The van der Waals surface area contributed by atoms with Crippen LogP contribution in [0.3, 0.4) is 0 Å². The zero-order valence-electron chi connectivity index (χ0n) is 8.82. The van der Waals surface area contributed by atoms with Crippen LogP contribution in [-0.4, -0.2) is 15.0 Å². The van der Waals surface area contributed by atoms with Crippen molar-refractivity contribution in [3.8, 4) is 10.7 Å². The van der Waals surface area contributed by atoms with Crippen LogP contribution in [0, 0.1) is 0 Å². The number of aromatic nitrogens is 3. The molecule has 92 valence electrons. The number of aromatic amines is 1. The van der Waals surface area contributed by atoms with Crippen LogP contribution in [0.4, 0.5) is 13.2 Å². The lowest BCUT2D eigenvalue weighted by Crippen LogP contribution is -2.04. The van der Waals surface area contributed by atoms with Gasteiger partial charge in [-0.05, 0) is 18.2 Å². The summed E-state index contributed by atoms with van der Waals surface area (Å²) in [6, 6.07) is 3.45. The Hall–Kier alpha value is -1.89. The Morgan fingerprint density at radius 2 is 2.06 bits per heavy atom. The van der Waals surface area contributed by atoms with Crippen molar-refractivity contribution < 1.29 is 13.2 Å². The third-order valence-corrected chi connectivity index (χ3v) is 3.25. The molecule has 0 aliphatic carbocycles. The van der Waals surface area contributed by atoms with Gasteiger partial charge in [0.1, 0.15) is 5.82 Å². The Morgan fingerprint density at radius 1 is 1.22 bits per heavy atom. The molecule has 1 aromatic carbocycles. The van der Waals surface area contributed by atoms with E-state index in [9.17, 15) is 13.2 Å². The van der Waals surface area contributed by atoms with E-state index in [1.807, 2.05) is 0 Å². The number of imidazole rings is 1. The van der Waals surface area contributed by atoms with Crippen LogP contribution in [-0.2, 0) is 6.18 Å². The molecule has 2 heterocycles. The van der Waals surface area contributed by atoms with Crippen LogP contribution in [0.2, 0.25) is 0 Å². The fourth-order valence-electron chi connectivity index (χ4n) is 1.64. The van der Waals surface area contributed by atoms with E-state index in [4.69, 9.17) is 0 Å². The summed E-state index contributed by atoms with van der Waals surface area (Å²) in [4.78, 5) is 11.8. The first-order valence-electron chi connectivity index (χ1n) is 5.00. The number of alkyl halides is 3. The normalized spacial score (nSPS) is 12.2. The van der Waals surface area contributed by atoms with Crippen molar-refractivity contribution in [2.45, 2.75) is 6.18 Å². The van der Waals surface area contributed by atoms with Gasteiger partial charge >= 0.3 is 6.18 Å². The lowest BCUT2D eigenvalue weighted by molar-refractivity contribution is -0.137. The monoisotopic (exact) mass is 269 g/mol. The predicted molar refractivity (Wildman–Crippen MR) is 62.2 cm³/mol. The average Bonchev–Trinajstić information content (AvgIpc) is 2.95. The van der Waals surface area contributed by atoms with Gasteiger partial charge in [0.2, 0.25) is 0 Å². The van der Waals surface area contributed by atoms with E-state index in [-0.39, 0.29) is 0 Å². The summed E-state index contributed by atoms with van der Waals surface area (Å²) in [6.07, 6.45) is -2.73.